The zero-order valence-electron chi connectivity index (χ0n) is 25.1. The molecule has 7 nitrogen and oxygen atoms in total. The number of carbonyl (C=O) groups is 1. The van der Waals surface area contributed by atoms with Crippen LogP contribution in [-0.2, 0) is 24.3 Å². The van der Waals surface area contributed by atoms with Gasteiger partial charge in [-0.15, -0.1) is 0 Å². The van der Waals surface area contributed by atoms with Crippen molar-refractivity contribution in [1.82, 2.24) is 14.1 Å². The number of amides is 1. The summed E-state index contributed by atoms with van der Waals surface area (Å²) in [5.41, 5.74) is 9.44. The number of primary amides is 1. The van der Waals surface area contributed by atoms with Gasteiger partial charge in [0.25, 0.3) is 5.91 Å². The minimum atomic E-state index is -1.96. The zero-order chi connectivity index (χ0) is 29.8. The van der Waals surface area contributed by atoms with Crippen LogP contribution in [0.1, 0.15) is 61.3 Å². The van der Waals surface area contributed by atoms with Gasteiger partial charge in [0.1, 0.15) is 11.4 Å². The van der Waals surface area contributed by atoms with Gasteiger partial charge < -0.3 is 24.0 Å². The van der Waals surface area contributed by atoms with E-state index in [-0.39, 0.29) is 16.8 Å². The molecule has 220 valence electrons. The molecule has 2 heterocycles. The summed E-state index contributed by atoms with van der Waals surface area (Å²) in [6.07, 6.45) is 9.17. The summed E-state index contributed by atoms with van der Waals surface area (Å²) in [6.45, 7) is 12.4. The Balaban J connectivity index is 1.46. The van der Waals surface area contributed by atoms with Gasteiger partial charge in [-0.1, -0.05) is 44.5 Å². The number of rotatable bonds is 13. The van der Waals surface area contributed by atoms with Crippen molar-refractivity contribution in [2.75, 3.05) is 13.2 Å². The van der Waals surface area contributed by atoms with Gasteiger partial charge in [-0.05, 0) is 85.3 Å². The monoisotopic (exact) mass is 594 g/mol. The van der Waals surface area contributed by atoms with Crippen LogP contribution in [0, 0.1) is 0 Å². The maximum absolute atomic E-state index is 11.7. The molecule has 0 saturated carbocycles. The Morgan fingerprint density at radius 2 is 1.83 bits per heavy atom. The average molecular weight is 595 g/mol. The van der Waals surface area contributed by atoms with E-state index in [1.165, 1.54) is 22.0 Å². The zero-order valence-corrected chi connectivity index (χ0v) is 26.9. The molecule has 4 rings (SSSR count). The van der Waals surface area contributed by atoms with Crippen molar-refractivity contribution >= 4 is 36.7 Å². The molecule has 0 aliphatic heterocycles. The van der Waals surface area contributed by atoms with Crippen LogP contribution in [-0.4, -0.2) is 41.6 Å². The van der Waals surface area contributed by atoms with Gasteiger partial charge in [-0.2, -0.15) is 0 Å². The van der Waals surface area contributed by atoms with Crippen molar-refractivity contribution in [1.29, 1.82) is 0 Å². The van der Waals surface area contributed by atoms with E-state index in [0.29, 0.717) is 13.2 Å². The number of nitrogens with zero attached hydrogens (tertiary/aromatic N) is 3. The summed E-state index contributed by atoms with van der Waals surface area (Å²) in [5.74, 6) is 0.349. The molecule has 9 heteroatoms. The lowest BCUT2D eigenvalue weighted by Crippen LogP contribution is -2.42. The number of nitrogens with two attached hydrogens (primary N) is 1. The van der Waals surface area contributed by atoms with Crippen LogP contribution in [0.15, 0.2) is 61.2 Å². The van der Waals surface area contributed by atoms with Crippen molar-refractivity contribution in [3.05, 3.63) is 83.0 Å². The molecule has 0 radical (unpaired) electrons. The topological polar surface area (TPSA) is 84.3 Å². The van der Waals surface area contributed by atoms with E-state index in [2.05, 4.69) is 80.9 Å². The van der Waals surface area contributed by atoms with E-state index < -0.39 is 14.2 Å². The van der Waals surface area contributed by atoms with E-state index in [9.17, 15) is 4.79 Å². The smallest absolute Gasteiger partial charge is 0.268 e. The number of aromatic nitrogens is 3. The Hall–Kier alpha value is -3.07. The summed E-state index contributed by atoms with van der Waals surface area (Å²) < 4.78 is 16.9. The number of benzene rings is 2. The third kappa shape index (κ3) is 7.81. The molecule has 0 aliphatic carbocycles. The Morgan fingerprint density at radius 1 is 1.10 bits per heavy atom. The van der Waals surface area contributed by atoms with Gasteiger partial charge >= 0.3 is 0 Å². The molecule has 1 amide bonds. The van der Waals surface area contributed by atoms with Crippen LogP contribution in [0.3, 0.4) is 0 Å². The molecule has 0 saturated heterocycles. The van der Waals surface area contributed by atoms with Crippen LogP contribution in [0.25, 0.3) is 10.9 Å². The number of hydrogen-bond acceptors (Lipinski definition) is 4. The summed E-state index contributed by atoms with van der Waals surface area (Å²) >= 11 is 6.00. The van der Waals surface area contributed by atoms with Crippen LogP contribution < -0.4 is 10.5 Å². The molecule has 1 atom stereocenters. The number of imidazole rings is 1. The molecule has 0 aliphatic rings. The number of aryl methyl sites for hydroxylation is 3. The van der Waals surface area contributed by atoms with Crippen LogP contribution >= 0.6 is 11.6 Å². The van der Waals surface area contributed by atoms with E-state index in [1.54, 1.807) is 12.5 Å². The molecule has 0 bridgehead atoms. The van der Waals surface area contributed by atoms with E-state index in [1.807, 2.05) is 22.8 Å². The first-order valence-corrected chi connectivity index (χ1v) is 17.5. The molecule has 0 unspecified atom stereocenters. The van der Waals surface area contributed by atoms with E-state index in [0.717, 1.165) is 36.5 Å². The Morgan fingerprint density at radius 3 is 2.49 bits per heavy atom. The highest BCUT2D eigenvalue weighted by atomic mass is 35.5. The first kappa shape index (κ1) is 30.9. The van der Waals surface area contributed by atoms with Gasteiger partial charge in [0.2, 0.25) is 0 Å². The molecule has 0 fully saturated rings. The minimum absolute atomic E-state index is 0.0206. The molecule has 2 aromatic carbocycles. The number of halogens is 1. The standard InChI is InChI=1S/C32H43ClN4O3Si/c1-32(2,3)41(5,6)40-21-26(37-20-29(31(34)38)35-22-37)14-11-24-19-36(4)30-16-15-27(18-28(24)30)39-17-7-8-23-9-12-25(33)13-10-23/h9-10,12-13,15-16,18-20,22,26H,7-8,11,14,17,21H2,1-6H3,(H2,34,38)/t26-/m1/s1. The van der Waals surface area contributed by atoms with Gasteiger partial charge in [0.15, 0.2) is 8.32 Å². The normalized spacial score (nSPS) is 13.0. The molecular weight excluding hydrogens is 552 g/mol. The van der Waals surface area contributed by atoms with Crippen molar-refractivity contribution in [3.8, 4) is 5.75 Å². The molecule has 2 aromatic heterocycles. The lowest BCUT2D eigenvalue weighted by atomic mass is 10.0. The maximum atomic E-state index is 11.7. The molecule has 41 heavy (non-hydrogen) atoms. The van der Waals surface area contributed by atoms with Crippen LogP contribution in [0.5, 0.6) is 5.75 Å². The van der Waals surface area contributed by atoms with E-state index >= 15 is 0 Å². The first-order valence-electron chi connectivity index (χ1n) is 14.3. The molecule has 4 aromatic rings. The quantitative estimate of drug-likeness (QED) is 0.130. The SMILES string of the molecule is Cn1cc(CC[C@H](CO[Si](C)(C)C(C)(C)C)n2cnc(C(N)=O)c2)c2cc(OCCCc3ccc(Cl)cc3)ccc21. The van der Waals surface area contributed by atoms with Crippen LogP contribution in [0.4, 0.5) is 0 Å². The maximum Gasteiger partial charge on any atom is 0.268 e. The summed E-state index contributed by atoms with van der Waals surface area (Å²) in [7, 11) is 0.112. The number of ether oxygens (including phenoxy) is 1. The summed E-state index contributed by atoms with van der Waals surface area (Å²) in [4.78, 5) is 16.0. The van der Waals surface area contributed by atoms with Gasteiger partial charge in [0.05, 0.1) is 25.6 Å². The second-order valence-electron chi connectivity index (χ2n) is 12.4. The second kappa shape index (κ2) is 12.8. The average Bonchev–Trinajstić information content (AvgIpc) is 3.52. The van der Waals surface area contributed by atoms with Gasteiger partial charge in [-0.25, -0.2) is 4.98 Å². The molecule has 2 N–H and O–H groups in total. The molecule has 0 spiro atoms. The third-order valence-corrected chi connectivity index (χ3v) is 13.1. The van der Waals surface area contributed by atoms with Gasteiger partial charge in [0, 0.05) is 35.4 Å². The Labute approximate surface area is 249 Å². The lowest BCUT2D eigenvalue weighted by Gasteiger charge is -2.37. The fraction of sp³-hybridized carbons (Fsp3) is 0.438. The van der Waals surface area contributed by atoms with Crippen molar-refractivity contribution in [2.24, 2.45) is 12.8 Å². The fourth-order valence-electron chi connectivity index (χ4n) is 4.68. The van der Waals surface area contributed by atoms with Crippen molar-refractivity contribution < 1.29 is 14.0 Å². The highest BCUT2D eigenvalue weighted by Gasteiger charge is 2.37. The predicted molar refractivity (Wildman–Crippen MR) is 169 cm³/mol. The Kier molecular flexibility index (Phi) is 9.67. The number of carbonyl (C=O) groups excluding carboxylic acids is 1. The summed E-state index contributed by atoms with van der Waals surface area (Å²) in [5, 5.41) is 2.05. The Bertz CT molecular complexity index is 1470. The third-order valence-electron chi connectivity index (χ3n) is 8.30. The number of hydrogen-bond donors (Lipinski definition) is 1. The lowest BCUT2D eigenvalue weighted by molar-refractivity contribution is 0.0995. The van der Waals surface area contributed by atoms with Gasteiger partial charge in [-0.3, -0.25) is 4.79 Å². The highest BCUT2D eigenvalue weighted by Crippen LogP contribution is 2.37. The predicted octanol–water partition coefficient (Wildman–Crippen LogP) is 7.33. The fourth-order valence-corrected chi connectivity index (χ4v) is 5.85. The minimum Gasteiger partial charge on any atom is -0.494 e. The second-order valence-corrected chi connectivity index (χ2v) is 17.6. The molecular formula is C32H43ClN4O3Si. The number of fused-ring (bicyclic) bond motifs is 1. The first-order chi connectivity index (χ1) is 19.3. The largest absolute Gasteiger partial charge is 0.494 e. The van der Waals surface area contributed by atoms with Crippen LogP contribution in [0.2, 0.25) is 23.2 Å². The highest BCUT2D eigenvalue weighted by molar-refractivity contribution is 6.74. The van der Waals surface area contributed by atoms with E-state index in [4.69, 9.17) is 26.5 Å². The van der Waals surface area contributed by atoms with Crippen molar-refractivity contribution in [2.45, 2.75) is 70.6 Å². The van der Waals surface area contributed by atoms with Crippen molar-refractivity contribution in [3.63, 3.8) is 0 Å². The summed E-state index contributed by atoms with van der Waals surface area (Å²) in [6, 6.07) is 14.3.